The van der Waals surface area contributed by atoms with E-state index in [1.54, 1.807) is 0 Å². The van der Waals surface area contributed by atoms with Gasteiger partial charge in [0.25, 0.3) is 0 Å². The lowest BCUT2D eigenvalue weighted by atomic mass is 9.47. The number of hydrogen-bond donors (Lipinski definition) is 2. The van der Waals surface area contributed by atoms with Crippen molar-refractivity contribution in [3.63, 3.8) is 0 Å². The molecule has 0 amide bonds. The minimum absolute atomic E-state index is 0.129. The summed E-state index contributed by atoms with van der Waals surface area (Å²) in [4.78, 5) is 0. The number of rotatable bonds is 5. The van der Waals surface area contributed by atoms with E-state index in [1.165, 1.54) is 38.5 Å². The van der Waals surface area contributed by atoms with Gasteiger partial charge >= 0.3 is 0 Å². The first-order chi connectivity index (χ1) is 8.66. The van der Waals surface area contributed by atoms with E-state index in [9.17, 15) is 5.11 Å². The van der Waals surface area contributed by atoms with Crippen LogP contribution in [0.2, 0.25) is 0 Å². The van der Waals surface area contributed by atoms with E-state index in [0.717, 1.165) is 30.6 Å². The lowest BCUT2D eigenvalue weighted by Crippen LogP contribution is -2.54. The van der Waals surface area contributed by atoms with Crippen LogP contribution in [0.5, 0.6) is 0 Å². The first-order valence-electron chi connectivity index (χ1n) is 8.05. The largest absolute Gasteiger partial charge is 0.392 e. The zero-order chi connectivity index (χ0) is 12.8. The summed E-state index contributed by atoms with van der Waals surface area (Å²) in [6, 6.07) is 0. The molecule has 2 nitrogen and oxygen atoms in total. The van der Waals surface area contributed by atoms with Gasteiger partial charge in [0.05, 0.1) is 6.10 Å². The lowest BCUT2D eigenvalue weighted by molar-refractivity contribution is -0.137. The quantitative estimate of drug-likeness (QED) is 0.789. The normalized spacial score (nSPS) is 45.2. The van der Waals surface area contributed by atoms with Crippen LogP contribution < -0.4 is 5.73 Å². The predicted octanol–water partition coefficient (Wildman–Crippen LogP) is 2.94. The summed E-state index contributed by atoms with van der Waals surface area (Å²) in [6.07, 6.45) is 10.3. The molecule has 0 aliphatic heterocycles. The molecule has 4 aliphatic carbocycles. The first kappa shape index (κ1) is 12.9. The Kier molecular flexibility index (Phi) is 3.44. The maximum Gasteiger partial charge on any atom is 0.0636 e. The summed E-state index contributed by atoms with van der Waals surface area (Å²) in [6.45, 7) is 2.87. The van der Waals surface area contributed by atoms with E-state index in [4.69, 9.17) is 5.73 Å². The second-order valence-corrected chi connectivity index (χ2v) is 7.51. The molecule has 0 heterocycles. The molecule has 0 aromatic carbocycles. The highest BCUT2D eigenvalue weighted by Gasteiger charge is 2.54. The van der Waals surface area contributed by atoms with Gasteiger partial charge in [0.2, 0.25) is 0 Å². The molecule has 4 rings (SSSR count). The van der Waals surface area contributed by atoms with E-state index in [-0.39, 0.29) is 11.5 Å². The average Bonchev–Trinajstić information content (AvgIpc) is 2.33. The third-order valence-corrected chi connectivity index (χ3v) is 6.12. The molecule has 4 bridgehead atoms. The van der Waals surface area contributed by atoms with E-state index in [0.29, 0.717) is 12.5 Å². The first-order valence-corrected chi connectivity index (χ1v) is 8.05. The van der Waals surface area contributed by atoms with Gasteiger partial charge in [-0.1, -0.05) is 13.3 Å². The SMILES string of the molecule is CCCC(CN)C(O)C12CC3CC(CC(C3)C1)C2. The molecule has 4 fully saturated rings. The number of hydrogen-bond acceptors (Lipinski definition) is 2. The van der Waals surface area contributed by atoms with Crippen LogP contribution >= 0.6 is 0 Å². The van der Waals surface area contributed by atoms with Crippen molar-refractivity contribution in [3.8, 4) is 0 Å². The fourth-order valence-electron chi connectivity index (χ4n) is 5.82. The van der Waals surface area contributed by atoms with Crippen LogP contribution in [0.15, 0.2) is 0 Å². The highest BCUT2D eigenvalue weighted by molar-refractivity contribution is 5.05. The Morgan fingerprint density at radius 1 is 1.11 bits per heavy atom. The van der Waals surface area contributed by atoms with Gasteiger partial charge in [-0.15, -0.1) is 0 Å². The van der Waals surface area contributed by atoms with Gasteiger partial charge in [0.15, 0.2) is 0 Å². The van der Waals surface area contributed by atoms with Crippen molar-refractivity contribution >= 4 is 0 Å². The Balaban J connectivity index is 1.77. The van der Waals surface area contributed by atoms with Gasteiger partial charge in [-0.25, -0.2) is 0 Å². The third-order valence-electron chi connectivity index (χ3n) is 6.12. The average molecular weight is 251 g/mol. The Morgan fingerprint density at radius 3 is 2.00 bits per heavy atom. The van der Waals surface area contributed by atoms with E-state index >= 15 is 0 Å². The van der Waals surface area contributed by atoms with Crippen molar-refractivity contribution in [2.75, 3.05) is 6.54 Å². The van der Waals surface area contributed by atoms with Gasteiger partial charge < -0.3 is 10.8 Å². The predicted molar refractivity (Wildman–Crippen MR) is 74.1 cm³/mol. The number of aliphatic hydroxyl groups excluding tert-OH is 1. The summed E-state index contributed by atoms with van der Waals surface area (Å²) in [5.41, 5.74) is 6.18. The molecular formula is C16H29NO. The van der Waals surface area contributed by atoms with Crippen LogP contribution in [-0.4, -0.2) is 17.8 Å². The van der Waals surface area contributed by atoms with Crippen molar-refractivity contribution < 1.29 is 5.11 Å². The van der Waals surface area contributed by atoms with Crippen molar-refractivity contribution in [2.45, 2.75) is 64.4 Å². The minimum Gasteiger partial charge on any atom is -0.392 e. The second kappa shape index (κ2) is 4.79. The van der Waals surface area contributed by atoms with Crippen LogP contribution in [0, 0.1) is 29.1 Å². The van der Waals surface area contributed by atoms with E-state index in [1.807, 2.05) is 0 Å². The summed E-state index contributed by atoms with van der Waals surface area (Å²) in [7, 11) is 0. The second-order valence-electron chi connectivity index (χ2n) is 7.51. The summed E-state index contributed by atoms with van der Waals surface area (Å²) < 4.78 is 0. The third kappa shape index (κ3) is 2.02. The fraction of sp³-hybridized carbons (Fsp3) is 1.00. The molecule has 0 aromatic heterocycles. The van der Waals surface area contributed by atoms with Crippen molar-refractivity contribution in [1.29, 1.82) is 0 Å². The van der Waals surface area contributed by atoms with Crippen LogP contribution in [0.25, 0.3) is 0 Å². The van der Waals surface area contributed by atoms with Crippen LogP contribution in [0.1, 0.15) is 58.3 Å². The summed E-state index contributed by atoms with van der Waals surface area (Å²) in [5, 5.41) is 10.9. The summed E-state index contributed by atoms with van der Waals surface area (Å²) in [5.74, 6) is 3.11. The van der Waals surface area contributed by atoms with Gasteiger partial charge in [0, 0.05) is 0 Å². The van der Waals surface area contributed by atoms with E-state index < -0.39 is 0 Å². The number of aliphatic hydroxyl groups is 1. The zero-order valence-corrected chi connectivity index (χ0v) is 11.8. The molecule has 0 aromatic rings. The Morgan fingerprint density at radius 2 is 1.61 bits per heavy atom. The summed E-state index contributed by atoms with van der Waals surface area (Å²) >= 11 is 0. The Bertz CT molecular complexity index is 266. The molecule has 0 radical (unpaired) electrons. The van der Waals surface area contributed by atoms with Gasteiger partial charge in [-0.3, -0.25) is 0 Å². The molecule has 4 saturated carbocycles. The molecule has 2 unspecified atom stereocenters. The van der Waals surface area contributed by atoms with Crippen molar-refractivity contribution in [3.05, 3.63) is 0 Å². The molecule has 2 heteroatoms. The van der Waals surface area contributed by atoms with Gasteiger partial charge in [-0.05, 0) is 80.6 Å². The maximum absolute atomic E-state index is 10.9. The molecular weight excluding hydrogens is 222 g/mol. The topological polar surface area (TPSA) is 46.2 Å². The highest BCUT2D eigenvalue weighted by atomic mass is 16.3. The Labute approximate surface area is 111 Å². The highest BCUT2D eigenvalue weighted by Crippen LogP contribution is 2.62. The molecule has 0 spiro atoms. The van der Waals surface area contributed by atoms with Crippen LogP contribution in [-0.2, 0) is 0 Å². The molecule has 2 atom stereocenters. The van der Waals surface area contributed by atoms with Crippen LogP contribution in [0.3, 0.4) is 0 Å². The van der Waals surface area contributed by atoms with Crippen molar-refractivity contribution in [2.24, 2.45) is 34.8 Å². The fourth-order valence-corrected chi connectivity index (χ4v) is 5.82. The van der Waals surface area contributed by atoms with Crippen molar-refractivity contribution in [1.82, 2.24) is 0 Å². The Hall–Kier alpha value is -0.0800. The standard InChI is InChI=1S/C16H29NO/c1-2-3-14(10-17)15(18)16-7-11-4-12(8-16)6-13(5-11)9-16/h11-15,18H,2-10,17H2,1H3. The van der Waals surface area contributed by atoms with Gasteiger partial charge in [-0.2, -0.15) is 0 Å². The monoisotopic (exact) mass is 251 g/mol. The van der Waals surface area contributed by atoms with E-state index in [2.05, 4.69) is 6.92 Å². The number of nitrogens with two attached hydrogens (primary N) is 1. The smallest absolute Gasteiger partial charge is 0.0636 e. The molecule has 104 valence electrons. The molecule has 4 aliphatic rings. The maximum atomic E-state index is 10.9. The lowest BCUT2D eigenvalue weighted by Gasteiger charge is -2.59. The minimum atomic E-state index is -0.129. The molecule has 18 heavy (non-hydrogen) atoms. The van der Waals surface area contributed by atoms with Crippen LogP contribution in [0.4, 0.5) is 0 Å². The van der Waals surface area contributed by atoms with Gasteiger partial charge in [0.1, 0.15) is 0 Å². The molecule has 3 N–H and O–H groups in total. The zero-order valence-electron chi connectivity index (χ0n) is 11.8. The molecule has 0 saturated heterocycles.